The Hall–Kier alpha value is -3.32. The fourth-order valence-corrected chi connectivity index (χ4v) is 3.57. The van der Waals surface area contributed by atoms with Gasteiger partial charge in [-0.25, -0.2) is 4.99 Å². The molecule has 1 fully saturated rings. The molecule has 0 aromatic heterocycles. The van der Waals surface area contributed by atoms with Crippen molar-refractivity contribution in [2.45, 2.75) is 6.23 Å². The summed E-state index contributed by atoms with van der Waals surface area (Å²) in [7, 11) is 0. The van der Waals surface area contributed by atoms with E-state index in [4.69, 9.17) is 9.47 Å². The van der Waals surface area contributed by atoms with Gasteiger partial charge in [-0.2, -0.15) is 0 Å². The number of carbonyl (C=O) groups excluding carboxylic acids is 1. The number of phenolic OH excluding ortho intramolecular Hbond substituents is 1. The van der Waals surface area contributed by atoms with E-state index in [1.165, 1.54) is 0 Å². The van der Waals surface area contributed by atoms with Crippen LogP contribution in [0.3, 0.4) is 0 Å². The molecule has 5 rings (SSSR count). The SMILES string of the molecule is O=C1NC(c2ccc(O)cc2)=NC2Oc3ccc(N4CCOCC4)cc3C=C12. The number of rotatable bonds is 2. The van der Waals surface area contributed by atoms with Gasteiger partial charge in [-0.1, -0.05) is 0 Å². The van der Waals surface area contributed by atoms with Gasteiger partial charge in [-0.15, -0.1) is 0 Å². The Morgan fingerprint density at radius 1 is 1.11 bits per heavy atom. The third kappa shape index (κ3) is 2.99. The lowest BCUT2D eigenvalue weighted by Crippen LogP contribution is -2.43. The van der Waals surface area contributed by atoms with Crippen molar-refractivity contribution in [2.75, 3.05) is 31.2 Å². The summed E-state index contributed by atoms with van der Waals surface area (Å²) in [4.78, 5) is 19.5. The van der Waals surface area contributed by atoms with Crippen LogP contribution in [0.5, 0.6) is 11.5 Å². The minimum Gasteiger partial charge on any atom is -0.508 e. The van der Waals surface area contributed by atoms with Crippen LogP contribution in [0.15, 0.2) is 53.0 Å². The number of morpholine rings is 1. The average Bonchev–Trinajstić information content (AvgIpc) is 2.73. The van der Waals surface area contributed by atoms with Gasteiger partial charge in [-0.05, 0) is 48.5 Å². The molecule has 1 saturated heterocycles. The Bertz CT molecular complexity index is 991. The molecule has 7 heteroatoms. The zero-order valence-electron chi connectivity index (χ0n) is 15.1. The van der Waals surface area contributed by atoms with Crippen molar-refractivity contribution in [1.29, 1.82) is 0 Å². The van der Waals surface area contributed by atoms with Gasteiger partial charge in [0.1, 0.15) is 17.3 Å². The van der Waals surface area contributed by atoms with Crippen molar-refractivity contribution in [3.63, 3.8) is 0 Å². The van der Waals surface area contributed by atoms with Gasteiger partial charge in [0, 0.05) is 29.9 Å². The van der Waals surface area contributed by atoms with Crippen LogP contribution in [0.2, 0.25) is 0 Å². The minimum atomic E-state index is -0.681. The predicted octanol–water partition coefficient (Wildman–Crippen LogP) is 1.91. The van der Waals surface area contributed by atoms with Crippen LogP contribution in [0.4, 0.5) is 5.69 Å². The van der Waals surface area contributed by atoms with E-state index >= 15 is 0 Å². The molecule has 2 aromatic carbocycles. The first-order valence-corrected chi connectivity index (χ1v) is 9.21. The quantitative estimate of drug-likeness (QED) is 0.835. The second kappa shape index (κ2) is 6.69. The van der Waals surface area contributed by atoms with Crippen molar-refractivity contribution in [3.8, 4) is 11.5 Å². The van der Waals surface area contributed by atoms with Gasteiger partial charge in [0.05, 0.1) is 18.8 Å². The van der Waals surface area contributed by atoms with Crippen LogP contribution in [-0.2, 0) is 9.53 Å². The number of aliphatic imine (C=N–C) groups is 1. The summed E-state index contributed by atoms with van der Waals surface area (Å²) in [5.74, 6) is 1.06. The third-order valence-corrected chi connectivity index (χ3v) is 5.07. The molecule has 3 heterocycles. The number of ether oxygens (including phenoxy) is 2. The standard InChI is InChI=1S/C21H19N3O4/c25-16-4-1-13(2-5-16)19-22-20(26)17-12-14-11-15(24-7-9-27-10-8-24)3-6-18(14)28-21(17)23-19/h1-6,11-12,21,25H,7-10H2,(H,22,23,26). The molecule has 7 nitrogen and oxygen atoms in total. The summed E-state index contributed by atoms with van der Waals surface area (Å²) in [6.07, 6.45) is 1.17. The zero-order valence-corrected chi connectivity index (χ0v) is 15.1. The second-order valence-electron chi connectivity index (χ2n) is 6.87. The molecular weight excluding hydrogens is 358 g/mol. The maximum Gasteiger partial charge on any atom is 0.258 e. The molecule has 0 saturated carbocycles. The summed E-state index contributed by atoms with van der Waals surface area (Å²) < 4.78 is 11.4. The lowest BCUT2D eigenvalue weighted by atomic mass is 10.0. The highest BCUT2D eigenvalue weighted by Gasteiger charge is 2.32. The van der Waals surface area contributed by atoms with Crippen molar-refractivity contribution in [1.82, 2.24) is 5.32 Å². The Kier molecular flexibility index (Phi) is 4.02. The van der Waals surface area contributed by atoms with Crippen molar-refractivity contribution >= 4 is 23.5 Å². The van der Waals surface area contributed by atoms with Gasteiger partial charge in [0.15, 0.2) is 0 Å². The second-order valence-corrected chi connectivity index (χ2v) is 6.87. The molecule has 3 aliphatic heterocycles. The van der Waals surface area contributed by atoms with Crippen LogP contribution in [0.1, 0.15) is 11.1 Å². The lowest BCUT2D eigenvalue weighted by molar-refractivity contribution is -0.117. The van der Waals surface area contributed by atoms with E-state index in [-0.39, 0.29) is 11.7 Å². The maximum atomic E-state index is 12.7. The normalized spacial score (nSPS) is 20.9. The van der Waals surface area contributed by atoms with Gasteiger partial charge < -0.3 is 24.8 Å². The molecule has 3 aliphatic rings. The van der Waals surface area contributed by atoms with E-state index in [0.717, 1.165) is 24.3 Å². The molecular formula is C21H19N3O4. The van der Waals surface area contributed by atoms with Gasteiger partial charge >= 0.3 is 0 Å². The number of carbonyl (C=O) groups is 1. The van der Waals surface area contributed by atoms with Crippen molar-refractivity contribution in [2.24, 2.45) is 4.99 Å². The summed E-state index contributed by atoms with van der Waals surface area (Å²) in [5, 5.41) is 12.3. The van der Waals surface area contributed by atoms with Crippen LogP contribution in [-0.4, -0.2) is 49.4 Å². The van der Waals surface area contributed by atoms with E-state index in [0.29, 0.717) is 35.9 Å². The van der Waals surface area contributed by atoms with E-state index in [9.17, 15) is 9.90 Å². The van der Waals surface area contributed by atoms with Crippen LogP contribution in [0, 0.1) is 0 Å². The van der Waals surface area contributed by atoms with E-state index in [2.05, 4.69) is 15.2 Å². The highest BCUT2D eigenvalue weighted by atomic mass is 16.5. The first-order chi connectivity index (χ1) is 13.7. The molecule has 2 N–H and O–H groups in total. The monoisotopic (exact) mass is 377 g/mol. The van der Waals surface area contributed by atoms with Crippen LogP contribution in [0.25, 0.3) is 6.08 Å². The molecule has 0 radical (unpaired) electrons. The van der Waals surface area contributed by atoms with Gasteiger partial charge in [0.25, 0.3) is 5.91 Å². The Morgan fingerprint density at radius 3 is 2.68 bits per heavy atom. The first-order valence-electron chi connectivity index (χ1n) is 9.21. The van der Waals surface area contributed by atoms with Crippen molar-refractivity contribution in [3.05, 3.63) is 59.2 Å². The van der Waals surface area contributed by atoms with Gasteiger partial charge in [0.2, 0.25) is 6.23 Å². The Balaban J connectivity index is 1.46. The third-order valence-electron chi connectivity index (χ3n) is 5.07. The minimum absolute atomic E-state index is 0.158. The summed E-state index contributed by atoms with van der Waals surface area (Å²) in [6.45, 7) is 3.13. The van der Waals surface area contributed by atoms with Crippen molar-refractivity contribution < 1.29 is 19.4 Å². The van der Waals surface area contributed by atoms with E-state index in [1.807, 2.05) is 24.3 Å². The summed E-state index contributed by atoms with van der Waals surface area (Å²) in [5.41, 5.74) is 3.15. The van der Waals surface area contributed by atoms with E-state index in [1.54, 1.807) is 24.3 Å². The number of benzene rings is 2. The summed E-state index contributed by atoms with van der Waals surface area (Å²) in [6, 6.07) is 12.5. The highest BCUT2D eigenvalue weighted by molar-refractivity contribution is 6.16. The predicted molar refractivity (Wildman–Crippen MR) is 105 cm³/mol. The molecule has 1 unspecified atom stereocenters. The number of aromatic hydroxyl groups is 1. The number of phenols is 1. The molecule has 28 heavy (non-hydrogen) atoms. The molecule has 0 spiro atoms. The van der Waals surface area contributed by atoms with Gasteiger partial charge in [-0.3, -0.25) is 4.79 Å². The topological polar surface area (TPSA) is 83.4 Å². The zero-order chi connectivity index (χ0) is 19.1. The lowest BCUT2D eigenvalue weighted by Gasteiger charge is -2.31. The number of anilines is 1. The number of hydrogen-bond acceptors (Lipinski definition) is 6. The van der Waals surface area contributed by atoms with E-state index < -0.39 is 6.23 Å². The smallest absolute Gasteiger partial charge is 0.258 e. The number of fused-ring (bicyclic) bond motifs is 2. The molecule has 142 valence electrons. The number of hydrogen-bond donors (Lipinski definition) is 2. The largest absolute Gasteiger partial charge is 0.508 e. The average molecular weight is 377 g/mol. The first kappa shape index (κ1) is 16.8. The Morgan fingerprint density at radius 2 is 1.89 bits per heavy atom. The highest BCUT2D eigenvalue weighted by Crippen LogP contribution is 2.34. The fourth-order valence-electron chi connectivity index (χ4n) is 3.57. The molecule has 1 atom stereocenters. The molecule has 2 aromatic rings. The van der Waals surface area contributed by atoms with Crippen LogP contribution < -0.4 is 15.0 Å². The molecule has 0 aliphatic carbocycles. The molecule has 0 bridgehead atoms. The number of amides is 1. The number of amidine groups is 1. The van der Waals surface area contributed by atoms with Crippen LogP contribution >= 0.6 is 0 Å². The molecule has 1 amide bonds. The number of nitrogens with one attached hydrogen (secondary N) is 1. The maximum absolute atomic E-state index is 12.7. The summed E-state index contributed by atoms with van der Waals surface area (Å²) >= 11 is 0. The number of nitrogens with zero attached hydrogens (tertiary/aromatic N) is 2. The Labute approximate surface area is 161 Å². The fraction of sp³-hybridized carbons (Fsp3) is 0.238.